The average molecular weight is 355 g/mol. The molecule has 0 aliphatic heterocycles. The number of carbonyl (C=O) groups excluding carboxylic acids is 1. The van der Waals surface area contributed by atoms with Crippen LogP contribution in [0.5, 0.6) is 0 Å². The fourth-order valence-electron chi connectivity index (χ4n) is 2.78. The number of esters is 1. The molecule has 0 fully saturated rings. The summed E-state index contributed by atoms with van der Waals surface area (Å²) in [4.78, 5) is 11.5. The van der Waals surface area contributed by atoms with Gasteiger partial charge in [-0.15, -0.1) is 0 Å². The van der Waals surface area contributed by atoms with E-state index in [4.69, 9.17) is 4.74 Å². The molecule has 0 radical (unpaired) electrons. The molecule has 0 spiro atoms. The van der Waals surface area contributed by atoms with Crippen LogP contribution < -0.4 is 0 Å². The molecule has 0 aromatic carbocycles. The topological polar surface area (TPSA) is 46.5 Å². The van der Waals surface area contributed by atoms with Crippen LogP contribution in [0.2, 0.25) is 0 Å². The Morgan fingerprint density at radius 1 is 0.840 bits per heavy atom. The molecule has 1 N–H and O–H groups in total. The van der Waals surface area contributed by atoms with Gasteiger partial charge in [0.1, 0.15) is 6.10 Å². The molecule has 0 heterocycles. The molecule has 25 heavy (non-hydrogen) atoms. The maximum Gasteiger partial charge on any atom is 0.330 e. The predicted molar refractivity (Wildman–Crippen MR) is 107 cm³/mol. The lowest BCUT2D eigenvalue weighted by molar-refractivity contribution is -0.146. The normalized spacial score (nSPS) is 13.9. The van der Waals surface area contributed by atoms with Crippen molar-refractivity contribution < 1.29 is 14.6 Å². The molecular formula is C22H42O3. The average Bonchev–Trinajstić information content (AvgIpc) is 2.58. The summed E-state index contributed by atoms with van der Waals surface area (Å²) in [7, 11) is 0. The molecule has 2 unspecified atom stereocenters. The highest BCUT2D eigenvalue weighted by molar-refractivity contribution is 5.82. The largest absolute Gasteiger partial charge is 0.457 e. The van der Waals surface area contributed by atoms with E-state index in [1.54, 1.807) is 13.8 Å². The van der Waals surface area contributed by atoms with E-state index >= 15 is 0 Å². The molecule has 3 heteroatoms. The Kier molecular flexibility index (Phi) is 17.4. The van der Waals surface area contributed by atoms with E-state index in [1.165, 1.54) is 83.1 Å². The minimum absolute atomic E-state index is 0.358. The molecule has 148 valence electrons. The van der Waals surface area contributed by atoms with Crippen LogP contribution in [0, 0.1) is 0 Å². The zero-order valence-corrected chi connectivity index (χ0v) is 17.0. The Morgan fingerprint density at radius 2 is 1.28 bits per heavy atom. The molecule has 0 aliphatic rings. The second-order valence-corrected chi connectivity index (χ2v) is 7.32. The third-order valence-corrected chi connectivity index (χ3v) is 4.71. The number of unbranched alkanes of at least 4 members (excludes halogenated alkanes) is 13. The number of hydrogen-bond donors (Lipinski definition) is 1. The summed E-state index contributed by atoms with van der Waals surface area (Å²) in [5, 5.41) is 9.27. The maximum atomic E-state index is 11.5. The fraction of sp³-hybridized carbons (Fsp3) is 0.864. The van der Waals surface area contributed by atoms with Crippen molar-refractivity contribution in [2.75, 3.05) is 0 Å². The van der Waals surface area contributed by atoms with Crippen LogP contribution >= 0.6 is 0 Å². The van der Waals surface area contributed by atoms with Gasteiger partial charge >= 0.3 is 5.97 Å². The fourth-order valence-corrected chi connectivity index (χ4v) is 2.78. The number of carbonyl (C=O) groups is 1. The highest BCUT2D eigenvalue weighted by Crippen LogP contribution is 2.13. The highest BCUT2D eigenvalue weighted by Gasteiger charge is 2.11. The number of ether oxygens (including phenoxy) is 1. The minimum atomic E-state index is -0.626. The quantitative estimate of drug-likeness (QED) is 0.188. The van der Waals surface area contributed by atoms with Gasteiger partial charge in [-0.3, -0.25) is 0 Å². The van der Waals surface area contributed by atoms with E-state index < -0.39 is 12.2 Å². The maximum absolute atomic E-state index is 11.5. The lowest BCUT2D eigenvalue weighted by Gasteiger charge is -2.13. The van der Waals surface area contributed by atoms with Gasteiger partial charge in [0.25, 0.3) is 0 Å². The van der Waals surface area contributed by atoms with E-state index in [-0.39, 0.29) is 5.97 Å². The van der Waals surface area contributed by atoms with Gasteiger partial charge < -0.3 is 9.84 Å². The molecule has 0 amide bonds. The van der Waals surface area contributed by atoms with E-state index in [1.807, 2.05) is 6.08 Å². The SMILES string of the molecule is CCCCCCCCCCCCCCCC=CC(=O)OC(C)C(C)O. The summed E-state index contributed by atoms with van der Waals surface area (Å²) in [6.45, 7) is 5.59. The van der Waals surface area contributed by atoms with E-state index in [0.717, 1.165) is 12.8 Å². The van der Waals surface area contributed by atoms with E-state index in [2.05, 4.69) is 6.92 Å². The highest BCUT2D eigenvalue weighted by atomic mass is 16.6. The summed E-state index contributed by atoms with van der Waals surface area (Å²) in [5.74, 6) is -0.358. The molecule has 0 aromatic rings. The first kappa shape index (κ1) is 24.2. The molecule has 0 saturated heterocycles. The lowest BCUT2D eigenvalue weighted by atomic mass is 10.0. The Morgan fingerprint density at radius 3 is 1.72 bits per heavy atom. The number of aliphatic hydroxyl groups excluding tert-OH is 1. The number of allylic oxidation sites excluding steroid dienone is 1. The zero-order chi connectivity index (χ0) is 18.8. The molecule has 0 saturated carbocycles. The molecule has 0 rings (SSSR count). The van der Waals surface area contributed by atoms with Gasteiger partial charge in [-0.25, -0.2) is 4.79 Å². The molecule has 0 aromatic heterocycles. The summed E-state index contributed by atoms with van der Waals surface area (Å²) < 4.78 is 5.06. The van der Waals surface area contributed by atoms with Gasteiger partial charge in [-0.2, -0.15) is 0 Å². The van der Waals surface area contributed by atoms with Crippen LogP contribution in [0.1, 0.15) is 111 Å². The number of rotatable bonds is 17. The Balaban J connectivity index is 3.28. The van der Waals surface area contributed by atoms with Crippen molar-refractivity contribution in [2.45, 2.75) is 123 Å². The third kappa shape index (κ3) is 17.8. The van der Waals surface area contributed by atoms with Crippen molar-refractivity contribution in [3.05, 3.63) is 12.2 Å². The molecule has 0 bridgehead atoms. The van der Waals surface area contributed by atoms with Crippen LogP contribution in [0.25, 0.3) is 0 Å². The molecular weight excluding hydrogens is 312 g/mol. The van der Waals surface area contributed by atoms with E-state index in [0.29, 0.717) is 0 Å². The first-order chi connectivity index (χ1) is 12.1. The summed E-state index contributed by atoms with van der Waals surface area (Å²) in [6.07, 6.45) is 20.8. The Labute approximate surface area is 156 Å². The molecule has 3 nitrogen and oxygen atoms in total. The smallest absolute Gasteiger partial charge is 0.330 e. The molecule has 0 aliphatic carbocycles. The van der Waals surface area contributed by atoms with Crippen LogP contribution in [-0.4, -0.2) is 23.3 Å². The van der Waals surface area contributed by atoms with Gasteiger partial charge in [-0.1, -0.05) is 90.0 Å². The van der Waals surface area contributed by atoms with Crippen LogP contribution in [0.3, 0.4) is 0 Å². The van der Waals surface area contributed by atoms with Gasteiger partial charge in [-0.05, 0) is 26.7 Å². The first-order valence-corrected chi connectivity index (χ1v) is 10.6. The van der Waals surface area contributed by atoms with Gasteiger partial charge in [0.15, 0.2) is 0 Å². The summed E-state index contributed by atoms with van der Waals surface area (Å²) in [6, 6.07) is 0. The van der Waals surface area contributed by atoms with Crippen molar-refractivity contribution in [3.8, 4) is 0 Å². The second kappa shape index (κ2) is 18.0. The van der Waals surface area contributed by atoms with Crippen molar-refractivity contribution in [1.82, 2.24) is 0 Å². The van der Waals surface area contributed by atoms with E-state index in [9.17, 15) is 9.90 Å². The number of aliphatic hydroxyl groups is 1. The Bertz CT molecular complexity index is 323. The van der Waals surface area contributed by atoms with Gasteiger partial charge in [0.05, 0.1) is 6.10 Å². The predicted octanol–water partition coefficient (Wildman–Crippen LogP) is 6.34. The minimum Gasteiger partial charge on any atom is -0.457 e. The summed E-state index contributed by atoms with van der Waals surface area (Å²) >= 11 is 0. The van der Waals surface area contributed by atoms with Crippen molar-refractivity contribution >= 4 is 5.97 Å². The Hall–Kier alpha value is -0.830. The van der Waals surface area contributed by atoms with Gasteiger partial charge in [0.2, 0.25) is 0 Å². The first-order valence-electron chi connectivity index (χ1n) is 10.6. The summed E-state index contributed by atoms with van der Waals surface area (Å²) in [5.41, 5.74) is 0. The third-order valence-electron chi connectivity index (χ3n) is 4.71. The molecule has 2 atom stereocenters. The van der Waals surface area contributed by atoms with Crippen molar-refractivity contribution in [3.63, 3.8) is 0 Å². The van der Waals surface area contributed by atoms with Crippen LogP contribution in [0.4, 0.5) is 0 Å². The zero-order valence-electron chi connectivity index (χ0n) is 17.0. The number of hydrogen-bond acceptors (Lipinski definition) is 3. The van der Waals surface area contributed by atoms with Crippen LogP contribution in [0.15, 0.2) is 12.2 Å². The second-order valence-electron chi connectivity index (χ2n) is 7.32. The van der Waals surface area contributed by atoms with Crippen LogP contribution in [-0.2, 0) is 9.53 Å². The van der Waals surface area contributed by atoms with Gasteiger partial charge in [0, 0.05) is 6.08 Å². The lowest BCUT2D eigenvalue weighted by Crippen LogP contribution is -2.24. The monoisotopic (exact) mass is 354 g/mol. The standard InChI is InChI=1S/C22H42O3/c1-4-5-6-7-8-9-10-11-12-13-14-15-16-17-18-19-22(24)25-21(3)20(2)23/h18-21,23H,4-17H2,1-3H3. The van der Waals surface area contributed by atoms with Crippen molar-refractivity contribution in [1.29, 1.82) is 0 Å². The van der Waals surface area contributed by atoms with Crippen molar-refractivity contribution in [2.24, 2.45) is 0 Å².